The Morgan fingerprint density at radius 3 is 2.58 bits per heavy atom. The molecule has 2 unspecified atom stereocenters. The standard InChI is InChI=1S/C16H27NO2/c18-13-16(6-9-19-10-7-16)12-17-8-5-14-3-1-2-4-15(14)11-17/h13-15H,1-12H2. The van der Waals surface area contributed by atoms with Crippen molar-refractivity contribution in [2.24, 2.45) is 17.3 Å². The average molecular weight is 265 g/mol. The van der Waals surface area contributed by atoms with Crippen molar-refractivity contribution < 1.29 is 9.53 Å². The first-order valence-corrected chi connectivity index (χ1v) is 8.08. The Bertz CT molecular complexity index is 312. The van der Waals surface area contributed by atoms with Crippen LogP contribution in [0.5, 0.6) is 0 Å². The summed E-state index contributed by atoms with van der Waals surface area (Å²) >= 11 is 0. The van der Waals surface area contributed by atoms with Gasteiger partial charge in [0.15, 0.2) is 0 Å². The summed E-state index contributed by atoms with van der Waals surface area (Å²) < 4.78 is 5.42. The Labute approximate surface area is 116 Å². The molecule has 0 N–H and O–H groups in total. The summed E-state index contributed by atoms with van der Waals surface area (Å²) in [5, 5.41) is 0. The highest BCUT2D eigenvalue weighted by Gasteiger charge is 2.37. The highest BCUT2D eigenvalue weighted by Crippen LogP contribution is 2.38. The minimum atomic E-state index is -0.111. The fourth-order valence-corrected chi connectivity index (χ4v) is 4.36. The number of piperidine rings is 1. The molecule has 108 valence electrons. The summed E-state index contributed by atoms with van der Waals surface area (Å²) in [6, 6.07) is 0. The number of nitrogens with zero attached hydrogens (tertiary/aromatic N) is 1. The second-order valence-corrected chi connectivity index (χ2v) is 6.92. The van der Waals surface area contributed by atoms with E-state index in [0.29, 0.717) is 0 Å². The molecule has 0 radical (unpaired) electrons. The van der Waals surface area contributed by atoms with E-state index in [-0.39, 0.29) is 5.41 Å². The summed E-state index contributed by atoms with van der Waals surface area (Å²) in [5.74, 6) is 1.89. The van der Waals surface area contributed by atoms with Gasteiger partial charge in [-0.05, 0) is 44.1 Å². The van der Waals surface area contributed by atoms with Gasteiger partial charge in [0.25, 0.3) is 0 Å². The molecule has 3 heteroatoms. The Balaban J connectivity index is 1.58. The van der Waals surface area contributed by atoms with Crippen molar-refractivity contribution in [3.05, 3.63) is 0 Å². The van der Waals surface area contributed by atoms with E-state index in [9.17, 15) is 4.79 Å². The van der Waals surface area contributed by atoms with Crippen LogP contribution in [0.15, 0.2) is 0 Å². The van der Waals surface area contributed by atoms with Crippen LogP contribution < -0.4 is 0 Å². The summed E-state index contributed by atoms with van der Waals surface area (Å²) in [5.41, 5.74) is -0.111. The highest BCUT2D eigenvalue weighted by atomic mass is 16.5. The maximum atomic E-state index is 11.6. The van der Waals surface area contributed by atoms with E-state index in [4.69, 9.17) is 4.74 Å². The van der Waals surface area contributed by atoms with E-state index < -0.39 is 0 Å². The van der Waals surface area contributed by atoms with Crippen LogP contribution in [0.3, 0.4) is 0 Å². The fourth-order valence-electron chi connectivity index (χ4n) is 4.36. The third-order valence-corrected chi connectivity index (χ3v) is 5.65. The van der Waals surface area contributed by atoms with Gasteiger partial charge in [0.2, 0.25) is 0 Å². The minimum Gasteiger partial charge on any atom is -0.381 e. The van der Waals surface area contributed by atoms with Crippen LogP contribution >= 0.6 is 0 Å². The molecule has 2 aliphatic heterocycles. The molecule has 0 amide bonds. The number of carbonyl (C=O) groups excluding carboxylic acids is 1. The topological polar surface area (TPSA) is 29.5 Å². The molecule has 3 aliphatic rings. The summed E-state index contributed by atoms with van der Waals surface area (Å²) in [6.45, 7) is 4.94. The molecule has 0 aromatic heterocycles. The monoisotopic (exact) mass is 265 g/mol. The first kappa shape index (κ1) is 13.6. The van der Waals surface area contributed by atoms with E-state index >= 15 is 0 Å². The number of rotatable bonds is 3. The van der Waals surface area contributed by atoms with Crippen LogP contribution in [0.1, 0.15) is 44.9 Å². The minimum absolute atomic E-state index is 0.111. The Kier molecular flexibility index (Phi) is 4.23. The highest BCUT2D eigenvalue weighted by molar-refractivity contribution is 5.60. The van der Waals surface area contributed by atoms with Gasteiger partial charge in [-0.15, -0.1) is 0 Å². The number of ether oxygens (including phenoxy) is 1. The number of hydrogen-bond acceptors (Lipinski definition) is 3. The molecule has 0 bridgehead atoms. The van der Waals surface area contributed by atoms with Gasteiger partial charge >= 0.3 is 0 Å². The number of aldehydes is 1. The zero-order valence-electron chi connectivity index (χ0n) is 12.0. The number of likely N-dealkylation sites (tertiary alicyclic amines) is 1. The fraction of sp³-hybridized carbons (Fsp3) is 0.938. The van der Waals surface area contributed by atoms with Crippen molar-refractivity contribution in [1.82, 2.24) is 4.90 Å². The van der Waals surface area contributed by atoms with E-state index in [1.165, 1.54) is 51.5 Å². The van der Waals surface area contributed by atoms with Crippen LogP contribution in [0.2, 0.25) is 0 Å². The predicted octanol–water partition coefficient (Wildman–Crippen LogP) is 2.49. The predicted molar refractivity (Wildman–Crippen MR) is 75.1 cm³/mol. The zero-order chi connectivity index (χ0) is 13.1. The summed E-state index contributed by atoms with van der Waals surface area (Å²) in [6.07, 6.45) is 10.1. The second-order valence-electron chi connectivity index (χ2n) is 6.92. The molecule has 2 saturated heterocycles. The zero-order valence-corrected chi connectivity index (χ0v) is 12.0. The summed E-state index contributed by atoms with van der Waals surface area (Å²) in [4.78, 5) is 14.1. The lowest BCUT2D eigenvalue weighted by Crippen LogP contribution is -2.48. The van der Waals surface area contributed by atoms with E-state index in [1.807, 2.05) is 0 Å². The lowest BCUT2D eigenvalue weighted by atomic mass is 9.74. The molecule has 1 aliphatic carbocycles. The van der Waals surface area contributed by atoms with Gasteiger partial charge in [-0.25, -0.2) is 0 Å². The first-order valence-electron chi connectivity index (χ1n) is 8.08. The molecule has 0 aromatic rings. The number of hydrogen-bond donors (Lipinski definition) is 0. The number of carbonyl (C=O) groups is 1. The second kappa shape index (κ2) is 5.92. The average Bonchev–Trinajstić information content (AvgIpc) is 2.48. The number of fused-ring (bicyclic) bond motifs is 1. The van der Waals surface area contributed by atoms with Crippen molar-refractivity contribution in [1.29, 1.82) is 0 Å². The van der Waals surface area contributed by atoms with Crippen molar-refractivity contribution in [3.8, 4) is 0 Å². The van der Waals surface area contributed by atoms with Gasteiger partial charge in [-0.3, -0.25) is 0 Å². The lowest BCUT2D eigenvalue weighted by molar-refractivity contribution is -0.123. The van der Waals surface area contributed by atoms with Crippen LogP contribution in [-0.2, 0) is 9.53 Å². The Morgan fingerprint density at radius 2 is 1.84 bits per heavy atom. The molecule has 0 aromatic carbocycles. The maximum absolute atomic E-state index is 11.6. The Hall–Kier alpha value is -0.410. The molecule has 0 spiro atoms. The van der Waals surface area contributed by atoms with Crippen molar-refractivity contribution in [2.45, 2.75) is 44.9 Å². The molecule has 19 heavy (non-hydrogen) atoms. The van der Waals surface area contributed by atoms with Crippen LogP contribution in [0, 0.1) is 17.3 Å². The molecule has 3 nitrogen and oxygen atoms in total. The maximum Gasteiger partial charge on any atom is 0.127 e. The van der Waals surface area contributed by atoms with Gasteiger partial charge in [-0.1, -0.05) is 19.3 Å². The molecule has 2 atom stereocenters. The van der Waals surface area contributed by atoms with Gasteiger partial charge in [0, 0.05) is 31.7 Å². The van der Waals surface area contributed by atoms with Crippen LogP contribution in [0.4, 0.5) is 0 Å². The lowest BCUT2D eigenvalue weighted by Gasteiger charge is -2.44. The normalized spacial score (nSPS) is 35.6. The van der Waals surface area contributed by atoms with Crippen LogP contribution in [-0.4, -0.2) is 44.0 Å². The smallest absolute Gasteiger partial charge is 0.127 e. The molecule has 3 rings (SSSR count). The molecular weight excluding hydrogens is 238 g/mol. The third kappa shape index (κ3) is 3.03. The quantitative estimate of drug-likeness (QED) is 0.734. The first-order chi connectivity index (χ1) is 9.31. The molecular formula is C16H27NO2. The molecule has 3 fully saturated rings. The van der Waals surface area contributed by atoms with E-state index in [1.54, 1.807) is 0 Å². The van der Waals surface area contributed by atoms with Crippen molar-refractivity contribution >= 4 is 6.29 Å². The van der Waals surface area contributed by atoms with Gasteiger partial charge in [0.1, 0.15) is 6.29 Å². The summed E-state index contributed by atoms with van der Waals surface area (Å²) in [7, 11) is 0. The van der Waals surface area contributed by atoms with Crippen molar-refractivity contribution in [2.75, 3.05) is 32.8 Å². The van der Waals surface area contributed by atoms with Crippen LogP contribution in [0.25, 0.3) is 0 Å². The van der Waals surface area contributed by atoms with Crippen molar-refractivity contribution in [3.63, 3.8) is 0 Å². The largest absolute Gasteiger partial charge is 0.381 e. The Morgan fingerprint density at radius 1 is 1.11 bits per heavy atom. The molecule has 2 heterocycles. The molecule has 1 saturated carbocycles. The van der Waals surface area contributed by atoms with Gasteiger partial charge in [0.05, 0.1) is 0 Å². The SMILES string of the molecule is O=CC1(CN2CCC3CCCCC3C2)CCOCC1. The van der Waals surface area contributed by atoms with E-state index in [0.717, 1.165) is 44.4 Å². The van der Waals surface area contributed by atoms with Gasteiger partial charge < -0.3 is 14.4 Å². The third-order valence-electron chi connectivity index (χ3n) is 5.65. The van der Waals surface area contributed by atoms with Gasteiger partial charge in [-0.2, -0.15) is 0 Å². The van der Waals surface area contributed by atoms with E-state index in [2.05, 4.69) is 4.90 Å².